The SMILES string of the molecule is CCCN(CCC)Cc1nnc(-c2ccc(OC)cc2)o1. The summed E-state index contributed by atoms with van der Waals surface area (Å²) < 4.78 is 10.9. The van der Waals surface area contributed by atoms with Gasteiger partial charge < -0.3 is 9.15 Å². The summed E-state index contributed by atoms with van der Waals surface area (Å²) in [7, 11) is 1.65. The third-order valence-electron chi connectivity index (χ3n) is 3.24. The molecule has 5 nitrogen and oxygen atoms in total. The summed E-state index contributed by atoms with van der Waals surface area (Å²) in [4.78, 5) is 2.34. The smallest absolute Gasteiger partial charge is 0.247 e. The van der Waals surface area contributed by atoms with E-state index in [9.17, 15) is 0 Å². The highest BCUT2D eigenvalue weighted by Gasteiger charge is 2.12. The van der Waals surface area contributed by atoms with Crippen molar-refractivity contribution in [2.45, 2.75) is 33.2 Å². The van der Waals surface area contributed by atoms with Crippen molar-refractivity contribution in [3.8, 4) is 17.2 Å². The van der Waals surface area contributed by atoms with Crippen LogP contribution in [0.4, 0.5) is 0 Å². The molecule has 0 unspecified atom stereocenters. The highest BCUT2D eigenvalue weighted by atomic mass is 16.5. The molecule has 0 bridgehead atoms. The third kappa shape index (κ3) is 4.29. The third-order valence-corrected chi connectivity index (χ3v) is 3.24. The van der Waals surface area contributed by atoms with Crippen LogP contribution in [0.1, 0.15) is 32.6 Å². The second-order valence-corrected chi connectivity index (χ2v) is 5.01. The van der Waals surface area contributed by atoms with Gasteiger partial charge in [-0.1, -0.05) is 13.8 Å². The van der Waals surface area contributed by atoms with E-state index in [0.29, 0.717) is 18.3 Å². The Morgan fingerprint density at radius 1 is 1.05 bits per heavy atom. The molecule has 0 saturated heterocycles. The Hall–Kier alpha value is -1.88. The van der Waals surface area contributed by atoms with Crippen molar-refractivity contribution in [2.24, 2.45) is 0 Å². The summed E-state index contributed by atoms with van der Waals surface area (Å²) in [5.41, 5.74) is 0.909. The van der Waals surface area contributed by atoms with Gasteiger partial charge in [0.05, 0.1) is 13.7 Å². The zero-order valence-corrected chi connectivity index (χ0v) is 13.0. The Kier molecular flexibility index (Phi) is 5.75. The van der Waals surface area contributed by atoms with E-state index in [1.165, 1.54) is 0 Å². The number of aromatic nitrogens is 2. The van der Waals surface area contributed by atoms with Crippen LogP contribution in [0.25, 0.3) is 11.5 Å². The fraction of sp³-hybridized carbons (Fsp3) is 0.500. The minimum Gasteiger partial charge on any atom is -0.497 e. The number of ether oxygens (including phenoxy) is 1. The van der Waals surface area contributed by atoms with E-state index in [-0.39, 0.29) is 0 Å². The number of rotatable bonds is 8. The minimum atomic E-state index is 0.556. The van der Waals surface area contributed by atoms with Crippen molar-refractivity contribution in [1.82, 2.24) is 15.1 Å². The topological polar surface area (TPSA) is 51.4 Å². The van der Waals surface area contributed by atoms with Gasteiger partial charge in [0.25, 0.3) is 0 Å². The maximum Gasteiger partial charge on any atom is 0.247 e. The molecule has 0 N–H and O–H groups in total. The number of nitrogens with zero attached hydrogens (tertiary/aromatic N) is 3. The summed E-state index contributed by atoms with van der Waals surface area (Å²) in [6, 6.07) is 7.62. The standard InChI is InChI=1S/C16H23N3O2/c1-4-10-19(11-5-2)12-15-17-18-16(21-15)13-6-8-14(20-3)9-7-13/h6-9H,4-5,10-12H2,1-3H3. The number of benzene rings is 1. The van der Waals surface area contributed by atoms with Crippen LogP contribution in [0.15, 0.2) is 28.7 Å². The van der Waals surface area contributed by atoms with Crippen molar-refractivity contribution in [2.75, 3.05) is 20.2 Å². The number of methoxy groups -OCH3 is 1. The summed E-state index contributed by atoms with van der Waals surface area (Å²) in [5.74, 6) is 2.04. The van der Waals surface area contributed by atoms with E-state index in [0.717, 1.165) is 37.2 Å². The average molecular weight is 289 g/mol. The van der Waals surface area contributed by atoms with Gasteiger partial charge in [0, 0.05) is 5.56 Å². The molecule has 0 saturated carbocycles. The summed E-state index contributed by atoms with van der Waals surface area (Å²) in [5, 5.41) is 8.28. The van der Waals surface area contributed by atoms with Crippen LogP contribution >= 0.6 is 0 Å². The molecule has 21 heavy (non-hydrogen) atoms. The molecule has 0 radical (unpaired) electrons. The largest absolute Gasteiger partial charge is 0.497 e. The quantitative estimate of drug-likeness (QED) is 0.745. The number of hydrogen-bond acceptors (Lipinski definition) is 5. The van der Waals surface area contributed by atoms with Crippen molar-refractivity contribution >= 4 is 0 Å². The lowest BCUT2D eigenvalue weighted by molar-refractivity contribution is 0.240. The van der Waals surface area contributed by atoms with Gasteiger partial charge in [-0.05, 0) is 50.2 Å². The molecule has 0 aliphatic carbocycles. The molecular formula is C16H23N3O2. The predicted molar refractivity (Wildman–Crippen MR) is 82.1 cm³/mol. The van der Waals surface area contributed by atoms with Gasteiger partial charge in [-0.15, -0.1) is 10.2 Å². The Morgan fingerprint density at radius 3 is 2.29 bits per heavy atom. The second kappa shape index (κ2) is 7.78. The minimum absolute atomic E-state index is 0.556. The Bertz CT molecular complexity index is 531. The van der Waals surface area contributed by atoms with Crippen molar-refractivity contribution < 1.29 is 9.15 Å². The van der Waals surface area contributed by atoms with Crippen molar-refractivity contribution in [3.63, 3.8) is 0 Å². The van der Waals surface area contributed by atoms with Gasteiger partial charge in [0.15, 0.2) is 0 Å². The van der Waals surface area contributed by atoms with Crippen LogP contribution in [0.5, 0.6) is 5.75 Å². The van der Waals surface area contributed by atoms with E-state index in [1.54, 1.807) is 7.11 Å². The first-order valence-electron chi connectivity index (χ1n) is 7.46. The van der Waals surface area contributed by atoms with Crippen LogP contribution in [-0.4, -0.2) is 35.3 Å². The van der Waals surface area contributed by atoms with E-state index < -0.39 is 0 Å². The first-order valence-corrected chi connectivity index (χ1v) is 7.46. The second-order valence-electron chi connectivity index (χ2n) is 5.01. The molecule has 0 fully saturated rings. The molecule has 0 aliphatic rings. The Labute approximate surface area is 125 Å². The van der Waals surface area contributed by atoms with Crippen LogP contribution in [-0.2, 0) is 6.54 Å². The fourth-order valence-electron chi connectivity index (χ4n) is 2.26. The fourth-order valence-corrected chi connectivity index (χ4v) is 2.26. The Balaban J connectivity index is 2.05. The highest BCUT2D eigenvalue weighted by molar-refractivity contribution is 5.53. The van der Waals surface area contributed by atoms with Gasteiger partial charge >= 0.3 is 0 Å². The average Bonchev–Trinajstić information content (AvgIpc) is 2.96. The molecule has 0 amide bonds. The van der Waals surface area contributed by atoms with E-state index in [1.807, 2.05) is 24.3 Å². The first kappa shape index (κ1) is 15.5. The zero-order valence-electron chi connectivity index (χ0n) is 13.0. The van der Waals surface area contributed by atoms with Gasteiger partial charge in [-0.25, -0.2) is 0 Å². The molecule has 0 atom stereocenters. The van der Waals surface area contributed by atoms with Crippen LogP contribution in [0, 0.1) is 0 Å². The number of hydrogen-bond donors (Lipinski definition) is 0. The lowest BCUT2D eigenvalue weighted by Gasteiger charge is -2.18. The lowest BCUT2D eigenvalue weighted by Crippen LogP contribution is -2.25. The van der Waals surface area contributed by atoms with Gasteiger partial charge in [0.1, 0.15) is 5.75 Å². The molecule has 0 spiro atoms. The zero-order chi connectivity index (χ0) is 15.1. The van der Waals surface area contributed by atoms with E-state index >= 15 is 0 Å². The van der Waals surface area contributed by atoms with Crippen LogP contribution in [0.2, 0.25) is 0 Å². The molecular weight excluding hydrogens is 266 g/mol. The van der Waals surface area contributed by atoms with E-state index in [4.69, 9.17) is 9.15 Å². The van der Waals surface area contributed by atoms with E-state index in [2.05, 4.69) is 28.9 Å². The monoisotopic (exact) mass is 289 g/mol. The molecule has 0 aliphatic heterocycles. The summed E-state index contributed by atoms with van der Waals surface area (Å²) >= 11 is 0. The van der Waals surface area contributed by atoms with Crippen LogP contribution in [0.3, 0.4) is 0 Å². The molecule has 2 aromatic rings. The Morgan fingerprint density at radius 2 is 1.71 bits per heavy atom. The molecule has 1 aromatic carbocycles. The van der Waals surface area contributed by atoms with Crippen molar-refractivity contribution in [1.29, 1.82) is 0 Å². The normalized spacial score (nSPS) is 11.0. The molecule has 5 heteroatoms. The summed E-state index contributed by atoms with van der Waals surface area (Å²) in [6.07, 6.45) is 2.25. The van der Waals surface area contributed by atoms with Crippen molar-refractivity contribution in [3.05, 3.63) is 30.2 Å². The molecule has 114 valence electrons. The lowest BCUT2D eigenvalue weighted by atomic mass is 10.2. The molecule has 2 rings (SSSR count). The maximum atomic E-state index is 5.76. The first-order chi connectivity index (χ1) is 10.3. The summed E-state index contributed by atoms with van der Waals surface area (Å²) in [6.45, 7) is 7.17. The highest BCUT2D eigenvalue weighted by Crippen LogP contribution is 2.21. The van der Waals surface area contributed by atoms with Gasteiger partial charge in [-0.3, -0.25) is 4.90 Å². The maximum absolute atomic E-state index is 5.76. The van der Waals surface area contributed by atoms with Crippen LogP contribution < -0.4 is 4.74 Å². The molecule has 1 aromatic heterocycles. The van der Waals surface area contributed by atoms with Gasteiger partial charge in [-0.2, -0.15) is 0 Å². The van der Waals surface area contributed by atoms with Gasteiger partial charge in [0.2, 0.25) is 11.8 Å². The predicted octanol–water partition coefficient (Wildman–Crippen LogP) is 3.37. The molecule has 1 heterocycles.